The van der Waals surface area contributed by atoms with Gasteiger partial charge in [-0.15, -0.1) is 0 Å². The predicted molar refractivity (Wildman–Crippen MR) is 54.8 cm³/mol. The molecule has 0 spiro atoms. The number of rotatable bonds is 1. The average molecular weight is 249 g/mol. The van der Waals surface area contributed by atoms with Crippen molar-refractivity contribution in [1.29, 1.82) is 0 Å². The van der Waals surface area contributed by atoms with Crippen LogP contribution in [0.15, 0.2) is 22.7 Å². The van der Waals surface area contributed by atoms with Crippen LogP contribution in [0.2, 0.25) is 15.3 Å². The third-order valence-corrected chi connectivity index (χ3v) is 2.36. The fourth-order valence-electron chi connectivity index (χ4n) is 1.01. The van der Waals surface area contributed by atoms with Gasteiger partial charge in [0.25, 0.3) is 11.2 Å². The van der Waals surface area contributed by atoms with Gasteiger partial charge < -0.3 is 4.52 Å². The van der Waals surface area contributed by atoms with Crippen LogP contribution in [-0.2, 0) is 0 Å². The van der Waals surface area contributed by atoms with Crippen molar-refractivity contribution in [2.45, 2.75) is 0 Å². The Labute approximate surface area is 94.6 Å². The molecule has 0 aliphatic carbocycles. The van der Waals surface area contributed by atoms with E-state index in [-0.39, 0.29) is 11.2 Å². The summed E-state index contributed by atoms with van der Waals surface area (Å²) in [6, 6.07) is 5.09. The Morgan fingerprint density at radius 3 is 2.21 bits per heavy atom. The van der Waals surface area contributed by atoms with Crippen molar-refractivity contribution in [1.82, 2.24) is 10.1 Å². The van der Waals surface area contributed by atoms with Crippen LogP contribution in [0, 0.1) is 0 Å². The Kier molecular flexibility index (Phi) is 2.63. The van der Waals surface area contributed by atoms with Crippen molar-refractivity contribution in [3.63, 3.8) is 0 Å². The maximum Gasteiger partial charge on any atom is 0.264 e. The van der Waals surface area contributed by atoms with Gasteiger partial charge in [-0.1, -0.05) is 29.3 Å². The van der Waals surface area contributed by atoms with Gasteiger partial charge in [-0.25, -0.2) is 0 Å². The van der Waals surface area contributed by atoms with E-state index < -0.39 is 0 Å². The normalized spacial score (nSPS) is 10.5. The highest BCUT2D eigenvalue weighted by molar-refractivity contribution is 6.39. The summed E-state index contributed by atoms with van der Waals surface area (Å²) >= 11 is 17.3. The molecule has 0 N–H and O–H groups in total. The zero-order valence-corrected chi connectivity index (χ0v) is 8.94. The molecule has 14 heavy (non-hydrogen) atoms. The minimum Gasteiger partial charge on any atom is -0.333 e. The van der Waals surface area contributed by atoms with Crippen LogP contribution in [0.5, 0.6) is 0 Å². The highest BCUT2D eigenvalue weighted by atomic mass is 35.5. The van der Waals surface area contributed by atoms with Crippen LogP contribution in [0.4, 0.5) is 0 Å². The highest BCUT2D eigenvalue weighted by Crippen LogP contribution is 2.33. The minimum absolute atomic E-state index is 0.0241. The first-order valence-corrected chi connectivity index (χ1v) is 4.75. The van der Waals surface area contributed by atoms with E-state index in [1.54, 1.807) is 18.2 Å². The molecule has 2 aromatic rings. The Balaban J connectivity index is 2.61. The smallest absolute Gasteiger partial charge is 0.264 e. The summed E-state index contributed by atoms with van der Waals surface area (Å²) < 4.78 is 4.85. The molecule has 2 rings (SSSR count). The van der Waals surface area contributed by atoms with Crippen LogP contribution in [0.3, 0.4) is 0 Å². The second kappa shape index (κ2) is 3.77. The van der Waals surface area contributed by atoms with Gasteiger partial charge in [-0.2, -0.15) is 4.98 Å². The number of halogens is 3. The molecule has 0 radical (unpaired) electrons. The summed E-state index contributed by atoms with van der Waals surface area (Å²) in [6.45, 7) is 0. The maximum atomic E-state index is 5.92. The predicted octanol–water partition coefficient (Wildman–Crippen LogP) is 3.70. The third kappa shape index (κ3) is 1.71. The summed E-state index contributed by atoms with van der Waals surface area (Å²) in [7, 11) is 0. The summed E-state index contributed by atoms with van der Waals surface area (Å²) in [5.74, 6) is 0.214. The molecule has 0 unspecified atom stereocenters. The first kappa shape index (κ1) is 9.77. The van der Waals surface area contributed by atoms with E-state index in [1.807, 2.05) is 0 Å². The molecule has 0 saturated heterocycles. The van der Waals surface area contributed by atoms with Gasteiger partial charge in [-0.3, -0.25) is 0 Å². The molecular formula is C8H3Cl3N2O. The average Bonchev–Trinajstić information content (AvgIpc) is 2.51. The van der Waals surface area contributed by atoms with Gasteiger partial charge in [0.2, 0.25) is 0 Å². The van der Waals surface area contributed by atoms with Crippen molar-refractivity contribution >= 4 is 34.8 Å². The number of hydrogen-bond acceptors (Lipinski definition) is 3. The van der Waals surface area contributed by atoms with Gasteiger partial charge in [0, 0.05) is 0 Å². The molecule has 3 nitrogen and oxygen atoms in total. The Morgan fingerprint density at radius 1 is 1.07 bits per heavy atom. The quantitative estimate of drug-likeness (QED) is 0.773. The number of hydrogen-bond donors (Lipinski definition) is 0. The second-order valence-electron chi connectivity index (χ2n) is 2.47. The molecule has 72 valence electrons. The second-order valence-corrected chi connectivity index (χ2v) is 3.62. The standard InChI is InChI=1S/C8H3Cl3N2O/c9-4-2-1-3-5(10)6(4)7-12-8(11)13-14-7/h1-3H. The Morgan fingerprint density at radius 2 is 1.71 bits per heavy atom. The van der Waals surface area contributed by atoms with Crippen LogP contribution in [0.1, 0.15) is 0 Å². The molecule has 0 aliphatic heterocycles. The molecule has 6 heteroatoms. The first-order valence-electron chi connectivity index (χ1n) is 3.62. The van der Waals surface area contributed by atoms with E-state index in [2.05, 4.69) is 10.1 Å². The molecule has 0 saturated carbocycles. The van der Waals surface area contributed by atoms with E-state index >= 15 is 0 Å². The molecule has 1 aromatic carbocycles. The van der Waals surface area contributed by atoms with Gasteiger partial charge >= 0.3 is 0 Å². The first-order chi connectivity index (χ1) is 6.68. The van der Waals surface area contributed by atoms with Crippen molar-refractivity contribution in [3.8, 4) is 11.5 Å². The lowest BCUT2D eigenvalue weighted by molar-refractivity contribution is 0.430. The summed E-state index contributed by atoms with van der Waals surface area (Å²) in [5, 5.41) is 4.35. The van der Waals surface area contributed by atoms with Crippen LogP contribution >= 0.6 is 34.8 Å². The molecule has 0 atom stereocenters. The van der Waals surface area contributed by atoms with E-state index in [0.717, 1.165) is 0 Å². The number of nitrogens with zero attached hydrogens (tertiary/aromatic N) is 2. The SMILES string of the molecule is Clc1noc(-c2c(Cl)cccc2Cl)n1. The molecule has 0 aliphatic rings. The zero-order valence-electron chi connectivity index (χ0n) is 6.67. The lowest BCUT2D eigenvalue weighted by Crippen LogP contribution is -1.80. The summed E-state index contributed by atoms with van der Waals surface area (Å²) in [5.41, 5.74) is 0.496. The molecule has 1 aromatic heterocycles. The maximum absolute atomic E-state index is 5.92. The van der Waals surface area contributed by atoms with E-state index in [9.17, 15) is 0 Å². The topological polar surface area (TPSA) is 38.9 Å². The Hall–Kier alpha value is -0.770. The summed E-state index contributed by atoms with van der Waals surface area (Å²) in [4.78, 5) is 3.82. The number of benzene rings is 1. The minimum atomic E-state index is 0.0241. The van der Waals surface area contributed by atoms with Crippen molar-refractivity contribution in [2.24, 2.45) is 0 Å². The van der Waals surface area contributed by atoms with Crippen LogP contribution in [0.25, 0.3) is 11.5 Å². The van der Waals surface area contributed by atoms with Crippen LogP contribution < -0.4 is 0 Å². The molecule has 0 amide bonds. The molecular weight excluding hydrogens is 246 g/mol. The van der Waals surface area contributed by atoms with E-state index in [1.165, 1.54) is 0 Å². The zero-order chi connectivity index (χ0) is 10.1. The molecule has 1 heterocycles. The lowest BCUT2D eigenvalue weighted by Gasteiger charge is -1.99. The van der Waals surface area contributed by atoms with Gasteiger partial charge in [0.15, 0.2) is 0 Å². The van der Waals surface area contributed by atoms with Gasteiger partial charge in [0.05, 0.1) is 15.6 Å². The lowest BCUT2D eigenvalue weighted by atomic mass is 10.2. The monoisotopic (exact) mass is 248 g/mol. The largest absolute Gasteiger partial charge is 0.333 e. The van der Waals surface area contributed by atoms with E-state index in [4.69, 9.17) is 39.3 Å². The molecule has 0 bridgehead atoms. The van der Waals surface area contributed by atoms with Crippen molar-refractivity contribution in [2.75, 3.05) is 0 Å². The fraction of sp³-hybridized carbons (Fsp3) is 0. The fourth-order valence-corrected chi connectivity index (χ4v) is 1.68. The summed E-state index contributed by atoms with van der Waals surface area (Å²) in [6.07, 6.45) is 0. The van der Waals surface area contributed by atoms with Crippen molar-refractivity contribution in [3.05, 3.63) is 33.5 Å². The Bertz CT molecular complexity index is 449. The van der Waals surface area contributed by atoms with E-state index in [0.29, 0.717) is 15.6 Å². The number of aromatic nitrogens is 2. The molecule has 0 fully saturated rings. The van der Waals surface area contributed by atoms with Crippen molar-refractivity contribution < 1.29 is 4.52 Å². The third-order valence-electron chi connectivity index (χ3n) is 1.58. The van der Waals surface area contributed by atoms with Gasteiger partial charge in [0.1, 0.15) is 0 Å². The van der Waals surface area contributed by atoms with Gasteiger partial charge in [-0.05, 0) is 28.9 Å². The van der Waals surface area contributed by atoms with Crippen LogP contribution in [-0.4, -0.2) is 10.1 Å². The highest BCUT2D eigenvalue weighted by Gasteiger charge is 2.14.